The van der Waals surface area contributed by atoms with E-state index in [1.165, 1.54) is 18.9 Å². The van der Waals surface area contributed by atoms with Crippen molar-refractivity contribution >= 4 is 25.6 Å². The number of hydrogen-bond acceptors (Lipinski definition) is 3. The third kappa shape index (κ3) is 3.40. The minimum Gasteiger partial charge on any atom is -0.335 e. The number of rotatable bonds is 5. The lowest BCUT2D eigenvalue weighted by molar-refractivity contribution is 0.0734. The van der Waals surface area contributed by atoms with Crippen molar-refractivity contribution in [1.29, 1.82) is 0 Å². The SMILES string of the molecule is Cc1ccc(C(=O)N(CC2CC2)C2CC2)cc1S(=O)(=O)Cl. The first-order chi connectivity index (χ1) is 9.86. The zero-order valence-electron chi connectivity index (χ0n) is 11.9. The lowest BCUT2D eigenvalue weighted by Crippen LogP contribution is -2.35. The normalized spacial score (nSPS) is 18.6. The summed E-state index contributed by atoms with van der Waals surface area (Å²) >= 11 is 0. The van der Waals surface area contributed by atoms with Crippen LogP contribution >= 0.6 is 10.7 Å². The zero-order chi connectivity index (χ0) is 15.2. The van der Waals surface area contributed by atoms with Crippen LogP contribution in [0.15, 0.2) is 23.1 Å². The molecule has 0 saturated heterocycles. The van der Waals surface area contributed by atoms with E-state index in [0.29, 0.717) is 23.1 Å². The number of nitrogens with zero attached hydrogens (tertiary/aromatic N) is 1. The van der Waals surface area contributed by atoms with E-state index in [9.17, 15) is 13.2 Å². The Kier molecular flexibility index (Phi) is 3.74. The van der Waals surface area contributed by atoms with Gasteiger partial charge < -0.3 is 4.90 Å². The highest BCUT2D eigenvalue weighted by Crippen LogP contribution is 2.36. The maximum Gasteiger partial charge on any atom is 0.261 e. The minimum atomic E-state index is -3.83. The Morgan fingerprint density at radius 1 is 1.29 bits per heavy atom. The molecule has 0 heterocycles. The predicted molar refractivity (Wildman–Crippen MR) is 81.0 cm³/mol. The molecule has 0 bridgehead atoms. The van der Waals surface area contributed by atoms with E-state index >= 15 is 0 Å². The van der Waals surface area contributed by atoms with Crippen LogP contribution in [0.1, 0.15) is 41.6 Å². The van der Waals surface area contributed by atoms with E-state index in [4.69, 9.17) is 10.7 Å². The van der Waals surface area contributed by atoms with Gasteiger partial charge in [0, 0.05) is 28.8 Å². The Balaban J connectivity index is 1.89. The lowest BCUT2D eigenvalue weighted by atomic mass is 10.1. The molecule has 0 radical (unpaired) electrons. The van der Waals surface area contributed by atoms with Gasteiger partial charge in [0.1, 0.15) is 0 Å². The number of benzene rings is 1. The predicted octanol–water partition coefficient (Wildman–Crippen LogP) is 2.94. The van der Waals surface area contributed by atoms with E-state index < -0.39 is 9.05 Å². The summed E-state index contributed by atoms with van der Waals surface area (Å²) in [6.07, 6.45) is 4.47. The highest BCUT2D eigenvalue weighted by atomic mass is 35.7. The number of carbonyl (C=O) groups is 1. The zero-order valence-corrected chi connectivity index (χ0v) is 13.5. The van der Waals surface area contributed by atoms with Crippen molar-refractivity contribution < 1.29 is 13.2 Å². The van der Waals surface area contributed by atoms with Gasteiger partial charge in [-0.15, -0.1) is 0 Å². The molecule has 1 aromatic carbocycles. The lowest BCUT2D eigenvalue weighted by Gasteiger charge is -2.22. The monoisotopic (exact) mass is 327 g/mol. The fourth-order valence-corrected chi connectivity index (χ4v) is 3.74. The Morgan fingerprint density at radius 2 is 1.95 bits per heavy atom. The van der Waals surface area contributed by atoms with Gasteiger partial charge in [-0.3, -0.25) is 4.79 Å². The second-order valence-electron chi connectivity index (χ2n) is 6.05. The summed E-state index contributed by atoms with van der Waals surface area (Å²) in [5, 5.41) is 0. The molecule has 2 aliphatic carbocycles. The van der Waals surface area contributed by atoms with Gasteiger partial charge in [0.15, 0.2) is 0 Å². The Bertz CT molecular complexity index is 678. The highest BCUT2D eigenvalue weighted by Gasteiger charge is 2.37. The summed E-state index contributed by atoms with van der Waals surface area (Å²) in [7, 11) is 1.61. The van der Waals surface area contributed by atoms with E-state index in [2.05, 4.69) is 0 Å². The third-order valence-corrected chi connectivity index (χ3v) is 5.56. The second kappa shape index (κ2) is 5.29. The van der Waals surface area contributed by atoms with Gasteiger partial charge in [0.2, 0.25) is 0 Å². The van der Waals surface area contributed by atoms with Crippen molar-refractivity contribution in [3.05, 3.63) is 29.3 Å². The number of halogens is 1. The Labute approximate surface area is 129 Å². The van der Waals surface area contributed by atoms with E-state index in [1.54, 1.807) is 19.1 Å². The molecular formula is C15H18ClNO3S. The Morgan fingerprint density at radius 3 is 2.48 bits per heavy atom. The van der Waals surface area contributed by atoms with Crippen molar-refractivity contribution in [3.8, 4) is 0 Å². The smallest absolute Gasteiger partial charge is 0.261 e. The van der Waals surface area contributed by atoms with Gasteiger partial charge in [0.05, 0.1) is 4.90 Å². The molecule has 0 N–H and O–H groups in total. The van der Waals surface area contributed by atoms with Crippen LogP contribution in [0.4, 0.5) is 0 Å². The maximum atomic E-state index is 12.7. The van der Waals surface area contributed by atoms with Gasteiger partial charge in [0.25, 0.3) is 15.0 Å². The summed E-state index contributed by atoms with van der Waals surface area (Å²) in [4.78, 5) is 14.6. The molecule has 0 spiro atoms. The minimum absolute atomic E-state index is 0.0252. The number of hydrogen-bond donors (Lipinski definition) is 0. The van der Waals surface area contributed by atoms with E-state index in [-0.39, 0.29) is 10.8 Å². The number of amides is 1. The van der Waals surface area contributed by atoms with Gasteiger partial charge >= 0.3 is 0 Å². The standard InChI is InChI=1S/C15H18ClNO3S/c1-10-2-5-12(8-14(10)21(16,19)20)15(18)17(13-6-7-13)9-11-3-4-11/h2,5,8,11,13H,3-4,6-7,9H2,1H3. The summed E-state index contributed by atoms with van der Waals surface area (Å²) in [6, 6.07) is 5.06. The van der Waals surface area contributed by atoms with Crippen LogP contribution in [0.2, 0.25) is 0 Å². The second-order valence-corrected chi connectivity index (χ2v) is 8.58. The van der Waals surface area contributed by atoms with Crippen molar-refractivity contribution in [1.82, 2.24) is 4.90 Å². The average Bonchev–Trinajstić information content (AvgIpc) is 3.26. The fourth-order valence-electron chi connectivity index (χ4n) is 2.52. The molecule has 0 aromatic heterocycles. The summed E-state index contributed by atoms with van der Waals surface area (Å²) in [6.45, 7) is 2.46. The van der Waals surface area contributed by atoms with Gasteiger partial charge in [-0.1, -0.05) is 6.07 Å². The molecule has 3 rings (SSSR count). The molecule has 4 nitrogen and oxygen atoms in total. The van der Waals surface area contributed by atoms with Gasteiger partial charge in [-0.25, -0.2) is 8.42 Å². The van der Waals surface area contributed by atoms with Crippen LogP contribution in [-0.4, -0.2) is 31.8 Å². The van der Waals surface area contributed by atoms with Crippen molar-refractivity contribution in [2.45, 2.75) is 43.5 Å². The van der Waals surface area contributed by atoms with E-state index in [1.807, 2.05) is 4.90 Å². The topological polar surface area (TPSA) is 54.5 Å². The van der Waals surface area contributed by atoms with Crippen LogP contribution in [0.3, 0.4) is 0 Å². The highest BCUT2D eigenvalue weighted by molar-refractivity contribution is 8.13. The first-order valence-corrected chi connectivity index (χ1v) is 9.53. The molecule has 0 unspecified atom stereocenters. The molecule has 2 aliphatic rings. The molecular weight excluding hydrogens is 310 g/mol. The molecule has 114 valence electrons. The first-order valence-electron chi connectivity index (χ1n) is 7.22. The van der Waals surface area contributed by atoms with Crippen molar-refractivity contribution in [2.24, 2.45) is 5.92 Å². The molecule has 2 saturated carbocycles. The Hall–Kier alpha value is -1.07. The van der Waals surface area contributed by atoms with Gasteiger partial charge in [-0.05, 0) is 56.2 Å². The van der Waals surface area contributed by atoms with E-state index in [0.717, 1.165) is 19.4 Å². The summed E-state index contributed by atoms with van der Waals surface area (Å²) < 4.78 is 23.1. The van der Waals surface area contributed by atoms with Crippen LogP contribution in [0.5, 0.6) is 0 Å². The average molecular weight is 328 g/mol. The van der Waals surface area contributed by atoms with Crippen molar-refractivity contribution in [2.75, 3.05) is 6.54 Å². The van der Waals surface area contributed by atoms with Crippen LogP contribution in [0, 0.1) is 12.8 Å². The molecule has 0 atom stereocenters. The number of aryl methyl sites for hydroxylation is 1. The molecule has 1 amide bonds. The molecule has 6 heteroatoms. The molecule has 21 heavy (non-hydrogen) atoms. The quantitative estimate of drug-likeness (QED) is 0.781. The summed E-state index contributed by atoms with van der Waals surface area (Å²) in [5.74, 6) is 0.544. The number of carbonyl (C=O) groups excluding carboxylic acids is 1. The fraction of sp³-hybridized carbons (Fsp3) is 0.533. The first kappa shape index (κ1) is 14.9. The molecule has 0 aliphatic heterocycles. The van der Waals surface area contributed by atoms with Crippen LogP contribution in [0.25, 0.3) is 0 Å². The summed E-state index contributed by atoms with van der Waals surface area (Å²) in [5.41, 5.74) is 0.967. The third-order valence-electron chi connectivity index (χ3n) is 4.10. The van der Waals surface area contributed by atoms with Crippen molar-refractivity contribution in [3.63, 3.8) is 0 Å². The van der Waals surface area contributed by atoms with Crippen LogP contribution in [-0.2, 0) is 9.05 Å². The molecule has 2 fully saturated rings. The maximum absolute atomic E-state index is 12.7. The largest absolute Gasteiger partial charge is 0.335 e. The molecule has 1 aromatic rings. The van der Waals surface area contributed by atoms with Gasteiger partial charge in [-0.2, -0.15) is 0 Å². The van der Waals surface area contributed by atoms with Crippen LogP contribution < -0.4 is 0 Å².